The van der Waals surface area contributed by atoms with Crippen LogP contribution >= 0.6 is 12.6 Å². The highest BCUT2D eigenvalue weighted by molar-refractivity contribution is 7.96. The summed E-state index contributed by atoms with van der Waals surface area (Å²) in [6.07, 6.45) is 0. The molecule has 0 fully saturated rings. The van der Waals surface area contributed by atoms with E-state index >= 15 is 0 Å². The molecule has 0 aliphatic heterocycles. The maximum Gasteiger partial charge on any atom is 0.191 e. The van der Waals surface area contributed by atoms with Crippen LogP contribution in [-0.2, 0) is 4.79 Å². The van der Waals surface area contributed by atoms with Crippen LogP contribution in [-0.4, -0.2) is 5.12 Å². The molecule has 0 aromatic rings. The van der Waals surface area contributed by atoms with E-state index in [1.54, 1.807) is 0 Å². The summed E-state index contributed by atoms with van der Waals surface area (Å²) in [4.78, 5) is 10.8. The Labute approximate surface area is 62.2 Å². The van der Waals surface area contributed by atoms with Gasteiger partial charge in [0.25, 0.3) is 0 Å². The summed E-state index contributed by atoms with van der Waals surface area (Å²) < 4.78 is 0. The first-order valence-electron chi connectivity index (χ1n) is 3.12. The molecule has 2 heteroatoms. The number of rotatable bonds is 2. The molecule has 0 unspecified atom stereocenters. The number of hydrogen-bond donors (Lipinski definition) is 1. The van der Waals surface area contributed by atoms with Gasteiger partial charge in [0, 0.05) is 5.41 Å². The molecule has 0 bridgehead atoms. The Hall–Kier alpha value is 0.0200. The van der Waals surface area contributed by atoms with Crippen molar-refractivity contribution in [3.05, 3.63) is 0 Å². The quantitative estimate of drug-likeness (QED) is 0.590. The lowest BCUT2D eigenvalue weighted by atomic mass is 9.83. The van der Waals surface area contributed by atoms with Crippen LogP contribution in [0.25, 0.3) is 0 Å². The molecular weight excluding hydrogens is 132 g/mol. The normalized spacial score (nSPS) is 12.2. The summed E-state index contributed by atoms with van der Waals surface area (Å²) in [6.45, 7) is 7.86. The number of carbonyl (C=O) groups excluding carboxylic acids is 1. The van der Waals surface area contributed by atoms with Crippen LogP contribution in [0.1, 0.15) is 27.7 Å². The molecule has 0 saturated heterocycles. The van der Waals surface area contributed by atoms with Gasteiger partial charge in [-0.3, -0.25) is 4.79 Å². The Morgan fingerprint density at radius 1 is 1.44 bits per heavy atom. The smallest absolute Gasteiger partial charge is 0.191 e. The highest BCUT2D eigenvalue weighted by Gasteiger charge is 2.27. The highest BCUT2D eigenvalue weighted by Crippen LogP contribution is 2.28. The van der Waals surface area contributed by atoms with Crippen molar-refractivity contribution in [3.8, 4) is 0 Å². The summed E-state index contributed by atoms with van der Waals surface area (Å²) in [5, 5.41) is -0.0301. The van der Waals surface area contributed by atoms with Crippen molar-refractivity contribution in [1.82, 2.24) is 0 Å². The minimum Gasteiger partial charge on any atom is -0.287 e. The van der Waals surface area contributed by atoms with E-state index < -0.39 is 0 Å². The van der Waals surface area contributed by atoms with Gasteiger partial charge in [-0.2, -0.15) is 0 Å². The Balaban J connectivity index is 4.19. The first kappa shape index (κ1) is 9.02. The first-order valence-corrected chi connectivity index (χ1v) is 3.57. The lowest BCUT2D eigenvalue weighted by molar-refractivity contribution is -0.119. The SMILES string of the molecule is CC(C)C(C)(C)C(=O)S. The topological polar surface area (TPSA) is 17.1 Å². The molecule has 0 atom stereocenters. The molecule has 0 aromatic carbocycles. The van der Waals surface area contributed by atoms with Crippen molar-refractivity contribution in [2.24, 2.45) is 11.3 Å². The van der Waals surface area contributed by atoms with Gasteiger partial charge in [-0.05, 0) is 5.92 Å². The first-order chi connectivity index (χ1) is 3.89. The van der Waals surface area contributed by atoms with Crippen molar-refractivity contribution in [2.75, 3.05) is 0 Å². The standard InChI is InChI=1S/C7H14OS/c1-5(2)7(3,4)6(8)9/h5H,1-4H3,(H,8,9). The zero-order valence-electron chi connectivity index (χ0n) is 6.43. The van der Waals surface area contributed by atoms with E-state index in [0.717, 1.165) is 0 Å². The van der Waals surface area contributed by atoms with E-state index in [0.29, 0.717) is 5.92 Å². The van der Waals surface area contributed by atoms with Crippen molar-refractivity contribution < 1.29 is 4.79 Å². The summed E-state index contributed by atoms with van der Waals surface area (Å²) >= 11 is 3.78. The number of thiol groups is 1. The molecule has 0 aromatic heterocycles. The third kappa shape index (κ3) is 2.01. The number of carbonyl (C=O) groups is 1. The van der Waals surface area contributed by atoms with Gasteiger partial charge < -0.3 is 0 Å². The molecule has 0 heterocycles. The highest BCUT2D eigenvalue weighted by atomic mass is 32.1. The second kappa shape index (κ2) is 2.74. The molecule has 0 amide bonds. The lowest BCUT2D eigenvalue weighted by Gasteiger charge is -2.24. The largest absolute Gasteiger partial charge is 0.287 e. The lowest BCUT2D eigenvalue weighted by Crippen LogP contribution is -2.25. The molecule has 0 rings (SSSR count). The molecule has 54 valence electrons. The molecule has 0 aliphatic rings. The minimum atomic E-state index is -0.275. The van der Waals surface area contributed by atoms with Crippen molar-refractivity contribution in [1.29, 1.82) is 0 Å². The Bertz CT molecular complexity index is 116. The summed E-state index contributed by atoms with van der Waals surface area (Å²) in [5.74, 6) is 0.363. The van der Waals surface area contributed by atoms with Crippen LogP contribution in [0.15, 0.2) is 0 Å². The molecule has 0 N–H and O–H groups in total. The molecule has 1 nitrogen and oxygen atoms in total. The van der Waals surface area contributed by atoms with Crippen molar-refractivity contribution >= 4 is 17.7 Å². The fourth-order valence-electron chi connectivity index (χ4n) is 0.247. The summed E-state index contributed by atoms with van der Waals surface area (Å²) in [7, 11) is 0. The second-order valence-electron chi connectivity index (χ2n) is 3.18. The van der Waals surface area contributed by atoms with Gasteiger partial charge in [-0.25, -0.2) is 0 Å². The van der Waals surface area contributed by atoms with Gasteiger partial charge in [0.15, 0.2) is 5.12 Å². The van der Waals surface area contributed by atoms with E-state index in [9.17, 15) is 4.79 Å². The minimum absolute atomic E-state index is 0.0301. The van der Waals surface area contributed by atoms with Gasteiger partial charge in [0.2, 0.25) is 0 Å². The molecule has 9 heavy (non-hydrogen) atoms. The van der Waals surface area contributed by atoms with Crippen molar-refractivity contribution in [3.63, 3.8) is 0 Å². The Morgan fingerprint density at radius 2 is 1.78 bits per heavy atom. The number of hydrogen-bond acceptors (Lipinski definition) is 1. The van der Waals surface area contributed by atoms with E-state index in [2.05, 4.69) is 12.6 Å². The molecule has 0 radical (unpaired) electrons. The van der Waals surface area contributed by atoms with Crippen LogP contribution in [0.4, 0.5) is 0 Å². The van der Waals surface area contributed by atoms with Gasteiger partial charge >= 0.3 is 0 Å². The third-order valence-corrected chi connectivity index (χ3v) is 2.57. The molecule has 0 aliphatic carbocycles. The Kier molecular flexibility index (Phi) is 2.74. The fourth-order valence-corrected chi connectivity index (χ4v) is 0.505. The monoisotopic (exact) mass is 146 g/mol. The van der Waals surface area contributed by atoms with Crippen LogP contribution in [0.2, 0.25) is 0 Å². The van der Waals surface area contributed by atoms with E-state index in [1.807, 2.05) is 27.7 Å². The molecular formula is C7H14OS. The van der Waals surface area contributed by atoms with Crippen LogP contribution < -0.4 is 0 Å². The predicted octanol–water partition coefficient (Wildman–Crippen LogP) is 2.13. The van der Waals surface area contributed by atoms with Crippen LogP contribution in [0, 0.1) is 11.3 Å². The van der Waals surface area contributed by atoms with Crippen LogP contribution in [0.5, 0.6) is 0 Å². The zero-order chi connectivity index (χ0) is 7.65. The summed E-state index contributed by atoms with van der Waals surface area (Å²) in [5.41, 5.74) is -0.275. The zero-order valence-corrected chi connectivity index (χ0v) is 7.33. The molecule has 0 saturated carbocycles. The van der Waals surface area contributed by atoms with Gasteiger partial charge in [0.1, 0.15) is 0 Å². The summed E-state index contributed by atoms with van der Waals surface area (Å²) in [6, 6.07) is 0. The van der Waals surface area contributed by atoms with Crippen LogP contribution in [0.3, 0.4) is 0 Å². The maximum absolute atomic E-state index is 10.8. The second-order valence-corrected chi connectivity index (χ2v) is 3.59. The van der Waals surface area contributed by atoms with E-state index in [-0.39, 0.29) is 10.5 Å². The van der Waals surface area contributed by atoms with Gasteiger partial charge in [0.05, 0.1) is 0 Å². The fraction of sp³-hybridized carbons (Fsp3) is 0.857. The van der Waals surface area contributed by atoms with Gasteiger partial charge in [-0.15, -0.1) is 12.6 Å². The maximum atomic E-state index is 10.8. The van der Waals surface area contributed by atoms with E-state index in [1.165, 1.54) is 0 Å². The van der Waals surface area contributed by atoms with Gasteiger partial charge in [-0.1, -0.05) is 27.7 Å². The average Bonchev–Trinajstić information content (AvgIpc) is 1.65. The van der Waals surface area contributed by atoms with Crippen molar-refractivity contribution in [2.45, 2.75) is 27.7 Å². The third-order valence-electron chi connectivity index (χ3n) is 1.99. The average molecular weight is 146 g/mol. The Morgan fingerprint density at radius 3 is 1.78 bits per heavy atom. The van der Waals surface area contributed by atoms with E-state index in [4.69, 9.17) is 0 Å². The predicted molar refractivity (Wildman–Crippen MR) is 42.6 cm³/mol. The molecule has 0 spiro atoms.